The van der Waals surface area contributed by atoms with Gasteiger partial charge in [0.1, 0.15) is 0 Å². The topological polar surface area (TPSA) is 0 Å². The van der Waals surface area contributed by atoms with E-state index in [0.717, 1.165) is 19.3 Å². The average Bonchev–Trinajstić information content (AvgIpc) is 2.64. The molecule has 2 heteroatoms. The van der Waals surface area contributed by atoms with E-state index in [1.54, 1.807) is 0 Å². The molecule has 2 atom stereocenters. The van der Waals surface area contributed by atoms with E-state index < -0.39 is 11.6 Å². The van der Waals surface area contributed by atoms with Gasteiger partial charge in [0, 0.05) is 5.92 Å². The lowest BCUT2D eigenvalue weighted by Gasteiger charge is -2.26. The van der Waals surface area contributed by atoms with Crippen LogP contribution < -0.4 is 0 Å². The number of hydrogen-bond donors (Lipinski definition) is 0. The van der Waals surface area contributed by atoms with E-state index in [1.807, 2.05) is 18.2 Å². The lowest BCUT2D eigenvalue weighted by Crippen LogP contribution is -2.14. The zero-order valence-electron chi connectivity index (χ0n) is 15.3. The van der Waals surface area contributed by atoms with E-state index in [4.69, 9.17) is 0 Å². The molecule has 2 aliphatic carbocycles. The standard InChI is InChI=1S/C23H30F2/c1-3-17-6-8-18(9-7-17)10-13-20-14-15-21(23(25)22(20)24)19-11-4-16(2)5-12-19/h3-4,11,14-19H,1,5-10,12-13H2,2H3. The molecule has 2 unspecified atom stereocenters. The van der Waals surface area contributed by atoms with Gasteiger partial charge in [0.2, 0.25) is 0 Å². The van der Waals surface area contributed by atoms with Crippen LogP contribution >= 0.6 is 0 Å². The van der Waals surface area contributed by atoms with Gasteiger partial charge in [-0.15, -0.1) is 6.58 Å². The zero-order valence-corrected chi connectivity index (χ0v) is 15.3. The first-order valence-electron chi connectivity index (χ1n) is 9.86. The molecule has 0 aliphatic heterocycles. The highest BCUT2D eigenvalue weighted by molar-refractivity contribution is 5.32. The summed E-state index contributed by atoms with van der Waals surface area (Å²) in [4.78, 5) is 0. The molecule has 136 valence electrons. The van der Waals surface area contributed by atoms with E-state index in [0.29, 0.717) is 35.3 Å². The summed E-state index contributed by atoms with van der Waals surface area (Å²) in [6.07, 6.45) is 14.5. The van der Waals surface area contributed by atoms with E-state index in [-0.39, 0.29) is 5.92 Å². The maximum absolute atomic E-state index is 14.6. The van der Waals surface area contributed by atoms with Crippen molar-refractivity contribution in [1.82, 2.24) is 0 Å². The summed E-state index contributed by atoms with van der Waals surface area (Å²) in [5.41, 5.74) is 1.07. The molecule has 0 heterocycles. The first kappa shape index (κ1) is 18.4. The quantitative estimate of drug-likeness (QED) is 0.506. The Morgan fingerprint density at radius 2 is 1.76 bits per heavy atom. The fourth-order valence-corrected chi connectivity index (χ4v) is 4.37. The maximum atomic E-state index is 14.6. The number of benzene rings is 1. The van der Waals surface area contributed by atoms with Crippen molar-refractivity contribution in [3.63, 3.8) is 0 Å². The van der Waals surface area contributed by atoms with Gasteiger partial charge in [-0.05, 0) is 80.2 Å². The fourth-order valence-electron chi connectivity index (χ4n) is 4.37. The van der Waals surface area contributed by atoms with E-state index in [1.165, 1.54) is 25.7 Å². The number of aryl methyl sites for hydroxylation is 1. The van der Waals surface area contributed by atoms with Crippen molar-refractivity contribution in [3.05, 3.63) is 59.7 Å². The Labute approximate surface area is 151 Å². The van der Waals surface area contributed by atoms with Crippen LogP contribution in [0.2, 0.25) is 0 Å². The first-order chi connectivity index (χ1) is 12.1. The van der Waals surface area contributed by atoms with Crippen LogP contribution in [0.15, 0.2) is 36.9 Å². The van der Waals surface area contributed by atoms with Crippen molar-refractivity contribution in [3.8, 4) is 0 Å². The van der Waals surface area contributed by atoms with Gasteiger partial charge in [0.25, 0.3) is 0 Å². The second kappa shape index (κ2) is 8.29. The Kier molecular flexibility index (Phi) is 6.09. The Morgan fingerprint density at radius 3 is 2.40 bits per heavy atom. The molecule has 25 heavy (non-hydrogen) atoms. The zero-order chi connectivity index (χ0) is 17.8. The molecular weight excluding hydrogens is 314 g/mol. The first-order valence-corrected chi connectivity index (χ1v) is 9.86. The van der Waals surface area contributed by atoms with Gasteiger partial charge in [-0.2, -0.15) is 0 Å². The SMILES string of the molecule is C=CC1CCC(CCc2ccc(C3C=CC(C)CC3)c(F)c2F)CC1. The summed E-state index contributed by atoms with van der Waals surface area (Å²) < 4.78 is 29.1. The van der Waals surface area contributed by atoms with Crippen LogP contribution in [-0.2, 0) is 6.42 Å². The minimum absolute atomic E-state index is 0.0222. The van der Waals surface area contributed by atoms with Crippen LogP contribution in [-0.4, -0.2) is 0 Å². The molecule has 1 aromatic carbocycles. The fraction of sp³-hybridized carbons (Fsp3) is 0.565. The molecule has 0 nitrogen and oxygen atoms in total. The van der Waals surface area contributed by atoms with Gasteiger partial charge in [-0.3, -0.25) is 0 Å². The van der Waals surface area contributed by atoms with Crippen LogP contribution in [0.5, 0.6) is 0 Å². The second-order valence-corrected chi connectivity index (χ2v) is 8.04. The second-order valence-electron chi connectivity index (χ2n) is 8.04. The van der Waals surface area contributed by atoms with Gasteiger partial charge in [0.05, 0.1) is 0 Å². The van der Waals surface area contributed by atoms with Gasteiger partial charge >= 0.3 is 0 Å². The summed E-state index contributed by atoms with van der Waals surface area (Å²) >= 11 is 0. The third-order valence-electron chi connectivity index (χ3n) is 6.24. The highest BCUT2D eigenvalue weighted by Crippen LogP contribution is 2.35. The van der Waals surface area contributed by atoms with Crippen molar-refractivity contribution in [2.45, 2.75) is 64.2 Å². The number of hydrogen-bond acceptors (Lipinski definition) is 0. The van der Waals surface area contributed by atoms with Crippen molar-refractivity contribution in [2.75, 3.05) is 0 Å². The van der Waals surface area contributed by atoms with Crippen molar-refractivity contribution >= 4 is 0 Å². The third-order valence-corrected chi connectivity index (χ3v) is 6.24. The highest BCUT2D eigenvalue weighted by atomic mass is 19.2. The molecule has 0 saturated heterocycles. The Bertz CT molecular complexity index is 623. The molecule has 0 bridgehead atoms. The predicted molar refractivity (Wildman–Crippen MR) is 101 cm³/mol. The molecule has 0 radical (unpaired) electrons. The summed E-state index contributed by atoms with van der Waals surface area (Å²) in [7, 11) is 0. The predicted octanol–water partition coefficient (Wildman–Crippen LogP) is 6.96. The molecule has 1 fully saturated rings. The third kappa shape index (κ3) is 4.40. The van der Waals surface area contributed by atoms with Gasteiger partial charge < -0.3 is 0 Å². The average molecular weight is 344 g/mol. The minimum atomic E-state index is -0.628. The number of halogens is 2. The van der Waals surface area contributed by atoms with E-state index >= 15 is 0 Å². The molecule has 0 N–H and O–H groups in total. The smallest absolute Gasteiger partial charge is 0.162 e. The van der Waals surface area contributed by atoms with Gasteiger partial charge in [0.15, 0.2) is 11.6 Å². The van der Waals surface area contributed by atoms with E-state index in [9.17, 15) is 8.78 Å². The van der Waals surface area contributed by atoms with Crippen LogP contribution in [0, 0.1) is 29.4 Å². The molecule has 3 rings (SSSR count). The summed E-state index contributed by atoms with van der Waals surface area (Å²) in [6, 6.07) is 3.63. The van der Waals surface area contributed by atoms with Crippen LogP contribution in [0.4, 0.5) is 8.78 Å². The Balaban J connectivity index is 1.62. The molecule has 0 spiro atoms. The molecular formula is C23H30F2. The lowest BCUT2D eigenvalue weighted by molar-refractivity contribution is 0.295. The monoisotopic (exact) mass is 344 g/mol. The summed E-state index contributed by atoms with van der Waals surface area (Å²) in [6.45, 7) is 6.04. The molecule has 1 aromatic rings. The Morgan fingerprint density at radius 1 is 1.00 bits per heavy atom. The molecule has 0 aromatic heterocycles. The van der Waals surface area contributed by atoms with Gasteiger partial charge in [-0.25, -0.2) is 8.78 Å². The summed E-state index contributed by atoms with van der Waals surface area (Å²) in [5, 5.41) is 0. The van der Waals surface area contributed by atoms with Crippen molar-refractivity contribution < 1.29 is 8.78 Å². The number of allylic oxidation sites excluding steroid dienone is 3. The number of rotatable bonds is 5. The lowest BCUT2D eigenvalue weighted by atomic mass is 9.79. The van der Waals surface area contributed by atoms with Gasteiger partial charge in [-0.1, -0.05) is 37.3 Å². The molecule has 1 saturated carbocycles. The summed E-state index contributed by atoms with van der Waals surface area (Å²) in [5.74, 6) is 0.604. The van der Waals surface area contributed by atoms with Crippen LogP contribution in [0.1, 0.15) is 68.9 Å². The molecule has 2 aliphatic rings. The minimum Gasteiger partial charge on any atom is -0.203 e. The van der Waals surface area contributed by atoms with Crippen molar-refractivity contribution in [1.29, 1.82) is 0 Å². The normalized spacial score (nSPS) is 29.6. The largest absolute Gasteiger partial charge is 0.203 e. The van der Waals surface area contributed by atoms with E-state index in [2.05, 4.69) is 25.7 Å². The maximum Gasteiger partial charge on any atom is 0.162 e. The van der Waals surface area contributed by atoms with Crippen LogP contribution in [0.3, 0.4) is 0 Å². The highest BCUT2D eigenvalue weighted by Gasteiger charge is 2.23. The molecule has 0 amide bonds. The van der Waals surface area contributed by atoms with Crippen molar-refractivity contribution in [2.24, 2.45) is 17.8 Å². The van der Waals surface area contributed by atoms with Crippen LogP contribution in [0.25, 0.3) is 0 Å². The Hall–Kier alpha value is -1.44.